The van der Waals surface area contributed by atoms with Gasteiger partial charge in [-0.2, -0.15) is 0 Å². The number of hydrogen-bond acceptors (Lipinski definition) is 1. The first-order valence-electron chi connectivity index (χ1n) is 1.99. The molecule has 0 fully saturated rings. The van der Waals surface area contributed by atoms with E-state index >= 15 is 0 Å². The summed E-state index contributed by atoms with van der Waals surface area (Å²) in [6.07, 6.45) is 0. The number of ether oxygens (including phenoxy) is 1. The van der Waals surface area contributed by atoms with E-state index in [1.807, 2.05) is 13.8 Å². The fraction of sp³-hybridized carbons (Fsp3) is 1.00. The summed E-state index contributed by atoms with van der Waals surface area (Å²) in [4.78, 5) is 0. The zero-order valence-corrected chi connectivity index (χ0v) is 5.07. The van der Waals surface area contributed by atoms with Crippen molar-refractivity contribution in [3.8, 4) is 0 Å². The van der Waals surface area contributed by atoms with Crippen LogP contribution in [0.2, 0.25) is 0 Å². The molecular formula is C4H10CuO. The standard InChI is InChI=1S/C4H10O.Cu/c1-3-5-4-2;/h3-4H2,1-2H3;. The molecule has 0 aliphatic carbocycles. The molecule has 0 saturated carbocycles. The quantitative estimate of drug-likeness (QED) is 0.517. The maximum atomic E-state index is 4.83. The average molecular weight is 138 g/mol. The molecule has 2 heteroatoms. The predicted molar refractivity (Wildman–Crippen MR) is 22.2 cm³/mol. The minimum atomic E-state index is 0. The Balaban J connectivity index is 0. The van der Waals surface area contributed by atoms with Crippen LogP contribution in [0.3, 0.4) is 0 Å². The molecule has 0 spiro atoms. The number of hydrogen-bond donors (Lipinski definition) is 0. The minimum absolute atomic E-state index is 0. The molecule has 0 aromatic heterocycles. The first kappa shape index (κ1) is 9.70. The van der Waals surface area contributed by atoms with Crippen molar-refractivity contribution >= 4 is 0 Å². The maximum absolute atomic E-state index is 4.83. The molecule has 0 amide bonds. The van der Waals surface area contributed by atoms with E-state index in [0.717, 1.165) is 13.2 Å². The van der Waals surface area contributed by atoms with Crippen molar-refractivity contribution in [3.05, 3.63) is 0 Å². The van der Waals surface area contributed by atoms with Gasteiger partial charge in [-0.05, 0) is 13.8 Å². The van der Waals surface area contributed by atoms with Crippen LogP contribution in [-0.2, 0) is 21.8 Å². The third kappa shape index (κ3) is 8.82. The Kier molecular flexibility index (Phi) is 14.7. The molecule has 1 radical (unpaired) electrons. The number of rotatable bonds is 2. The summed E-state index contributed by atoms with van der Waals surface area (Å²) in [5, 5.41) is 0. The van der Waals surface area contributed by atoms with Crippen LogP contribution in [0.5, 0.6) is 0 Å². The zero-order chi connectivity index (χ0) is 4.12. The van der Waals surface area contributed by atoms with E-state index in [4.69, 9.17) is 4.74 Å². The fourth-order valence-corrected chi connectivity index (χ4v) is 0.204. The van der Waals surface area contributed by atoms with Crippen LogP contribution in [0.15, 0.2) is 0 Å². The summed E-state index contributed by atoms with van der Waals surface area (Å²) >= 11 is 0. The first-order chi connectivity index (χ1) is 2.41. The van der Waals surface area contributed by atoms with Gasteiger partial charge in [0.2, 0.25) is 0 Å². The Morgan fingerprint density at radius 1 is 1.17 bits per heavy atom. The molecule has 0 N–H and O–H groups in total. The Bertz CT molecular complexity index is 15.0. The second kappa shape index (κ2) is 9.08. The smallest absolute Gasteiger partial charge is 0.0437 e. The van der Waals surface area contributed by atoms with Crippen LogP contribution in [0.4, 0.5) is 0 Å². The molecule has 0 aromatic carbocycles. The second-order valence-corrected chi connectivity index (χ2v) is 0.781. The van der Waals surface area contributed by atoms with Crippen molar-refractivity contribution in [3.63, 3.8) is 0 Å². The topological polar surface area (TPSA) is 9.23 Å². The second-order valence-electron chi connectivity index (χ2n) is 0.781. The summed E-state index contributed by atoms with van der Waals surface area (Å²) < 4.78 is 4.83. The van der Waals surface area contributed by atoms with Crippen molar-refractivity contribution in [1.29, 1.82) is 0 Å². The molecule has 0 rings (SSSR count). The molecule has 0 unspecified atom stereocenters. The van der Waals surface area contributed by atoms with Crippen molar-refractivity contribution in [1.82, 2.24) is 0 Å². The van der Waals surface area contributed by atoms with Gasteiger partial charge in [0.15, 0.2) is 0 Å². The van der Waals surface area contributed by atoms with Gasteiger partial charge in [0, 0.05) is 30.3 Å². The van der Waals surface area contributed by atoms with Gasteiger partial charge >= 0.3 is 0 Å². The summed E-state index contributed by atoms with van der Waals surface area (Å²) in [7, 11) is 0. The predicted octanol–water partition coefficient (Wildman–Crippen LogP) is 1.04. The SMILES string of the molecule is CCOCC.[Cu]. The fourth-order valence-electron chi connectivity index (χ4n) is 0.204. The molecule has 0 atom stereocenters. The average Bonchev–Trinajstić information content (AvgIpc) is 1.41. The van der Waals surface area contributed by atoms with Crippen LogP contribution in [0.1, 0.15) is 13.8 Å². The minimum Gasteiger partial charge on any atom is -0.382 e. The molecule has 0 heterocycles. The summed E-state index contributed by atoms with van der Waals surface area (Å²) in [5.74, 6) is 0. The van der Waals surface area contributed by atoms with Gasteiger partial charge < -0.3 is 4.74 Å². The van der Waals surface area contributed by atoms with E-state index < -0.39 is 0 Å². The molecule has 0 aliphatic heterocycles. The van der Waals surface area contributed by atoms with Crippen molar-refractivity contribution in [2.24, 2.45) is 0 Å². The Hall–Kier alpha value is 0.479. The van der Waals surface area contributed by atoms with Crippen molar-refractivity contribution in [2.75, 3.05) is 13.2 Å². The molecule has 0 saturated heterocycles. The van der Waals surface area contributed by atoms with Gasteiger partial charge in [-0.3, -0.25) is 0 Å². The first-order valence-corrected chi connectivity index (χ1v) is 1.99. The van der Waals surface area contributed by atoms with Crippen LogP contribution in [0, 0.1) is 0 Å². The molecule has 0 bridgehead atoms. The summed E-state index contributed by atoms with van der Waals surface area (Å²) in [6.45, 7) is 5.67. The van der Waals surface area contributed by atoms with Crippen LogP contribution in [-0.4, -0.2) is 13.2 Å². The van der Waals surface area contributed by atoms with Gasteiger partial charge in [0.25, 0.3) is 0 Å². The molecule has 43 valence electrons. The zero-order valence-electron chi connectivity index (χ0n) is 4.12. The summed E-state index contributed by atoms with van der Waals surface area (Å²) in [6, 6.07) is 0. The van der Waals surface area contributed by atoms with E-state index in [1.54, 1.807) is 0 Å². The van der Waals surface area contributed by atoms with Crippen LogP contribution >= 0.6 is 0 Å². The third-order valence-electron chi connectivity index (χ3n) is 0.408. The van der Waals surface area contributed by atoms with E-state index in [-0.39, 0.29) is 17.1 Å². The van der Waals surface area contributed by atoms with E-state index in [1.165, 1.54) is 0 Å². The van der Waals surface area contributed by atoms with Crippen molar-refractivity contribution < 1.29 is 21.8 Å². The normalized spacial score (nSPS) is 7.00. The molecule has 6 heavy (non-hydrogen) atoms. The van der Waals surface area contributed by atoms with Crippen LogP contribution in [0.25, 0.3) is 0 Å². The molecule has 0 aliphatic rings. The molecule has 0 aromatic rings. The monoisotopic (exact) mass is 137 g/mol. The van der Waals surface area contributed by atoms with Gasteiger partial charge in [-0.1, -0.05) is 0 Å². The molecule has 1 nitrogen and oxygen atoms in total. The maximum Gasteiger partial charge on any atom is 0.0437 e. The Morgan fingerprint density at radius 2 is 1.50 bits per heavy atom. The summed E-state index contributed by atoms with van der Waals surface area (Å²) in [5.41, 5.74) is 0. The van der Waals surface area contributed by atoms with Gasteiger partial charge in [0.05, 0.1) is 0 Å². The van der Waals surface area contributed by atoms with Crippen LogP contribution < -0.4 is 0 Å². The Labute approximate surface area is 49.5 Å². The van der Waals surface area contributed by atoms with E-state index in [9.17, 15) is 0 Å². The molecular weight excluding hydrogens is 128 g/mol. The van der Waals surface area contributed by atoms with Gasteiger partial charge in [-0.15, -0.1) is 0 Å². The Morgan fingerprint density at radius 3 is 1.50 bits per heavy atom. The van der Waals surface area contributed by atoms with Gasteiger partial charge in [-0.25, -0.2) is 0 Å². The van der Waals surface area contributed by atoms with E-state index in [0.29, 0.717) is 0 Å². The van der Waals surface area contributed by atoms with Gasteiger partial charge in [0.1, 0.15) is 0 Å². The van der Waals surface area contributed by atoms with Crippen molar-refractivity contribution in [2.45, 2.75) is 13.8 Å². The third-order valence-corrected chi connectivity index (χ3v) is 0.408. The van der Waals surface area contributed by atoms with E-state index in [2.05, 4.69) is 0 Å². The largest absolute Gasteiger partial charge is 0.382 e.